The summed E-state index contributed by atoms with van der Waals surface area (Å²) in [6, 6.07) is 1.29. The third-order valence-corrected chi connectivity index (χ3v) is 2.87. The van der Waals surface area contributed by atoms with Crippen LogP contribution in [0.25, 0.3) is 0 Å². The molecule has 0 aromatic carbocycles. The van der Waals surface area contributed by atoms with Crippen molar-refractivity contribution in [2.24, 2.45) is 5.73 Å². The molecular formula is C10H22N2. The molecule has 0 atom stereocenters. The topological polar surface area (TPSA) is 29.3 Å². The molecule has 1 saturated carbocycles. The Bertz CT molecular complexity index is 119. The minimum atomic E-state index is 0.491. The molecule has 0 radical (unpaired) electrons. The molecule has 0 saturated heterocycles. The SMILES string of the molecule is CCCCN(CC)C1CC(N)C1. The molecule has 0 unspecified atom stereocenters. The lowest BCUT2D eigenvalue weighted by atomic mass is 9.86. The Balaban J connectivity index is 2.16. The van der Waals surface area contributed by atoms with E-state index in [-0.39, 0.29) is 0 Å². The molecule has 1 aliphatic carbocycles. The van der Waals surface area contributed by atoms with Crippen molar-refractivity contribution in [2.45, 2.75) is 51.6 Å². The molecule has 2 heteroatoms. The lowest BCUT2D eigenvalue weighted by Crippen LogP contribution is -2.50. The number of rotatable bonds is 5. The Morgan fingerprint density at radius 2 is 2.00 bits per heavy atom. The van der Waals surface area contributed by atoms with Crippen molar-refractivity contribution in [3.63, 3.8) is 0 Å². The fourth-order valence-electron chi connectivity index (χ4n) is 1.89. The van der Waals surface area contributed by atoms with E-state index in [0.29, 0.717) is 6.04 Å². The van der Waals surface area contributed by atoms with Gasteiger partial charge in [0, 0.05) is 12.1 Å². The van der Waals surface area contributed by atoms with Gasteiger partial charge in [0.1, 0.15) is 0 Å². The van der Waals surface area contributed by atoms with Gasteiger partial charge in [-0.25, -0.2) is 0 Å². The van der Waals surface area contributed by atoms with Crippen LogP contribution in [-0.4, -0.2) is 30.1 Å². The first-order chi connectivity index (χ1) is 5.77. The van der Waals surface area contributed by atoms with Crippen molar-refractivity contribution in [1.82, 2.24) is 4.90 Å². The van der Waals surface area contributed by atoms with Gasteiger partial charge >= 0.3 is 0 Å². The maximum Gasteiger partial charge on any atom is 0.0125 e. The Labute approximate surface area is 76.1 Å². The van der Waals surface area contributed by atoms with E-state index in [4.69, 9.17) is 5.73 Å². The van der Waals surface area contributed by atoms with Crippen molar-refractivity contribution in [3.8, 4) is 0 Å². The normalized spacial score (nSPS) is 29.0. The molecule has 12 heavy (non-hydrogen) atoms. The van der Waals surface area contributed by atoms with Crippen molar-refractivity contribution in [2.75, 3.05) is 13.1 Å². The molecule has 2 N–H and O–H groups in total. The molecule has 0 aromatic heterocycles. The number of nitrogens with two attached hydrogens (primary N) is 1. The molecule has 0 aliphatic heterocycles. The molecule has 2 nitrogen and oxygen atoms in total. The van der Waals surface area contributed by atoms with Crippen LogP contribution in [0.4, 0.5) is 0 Å². The molecule has 0 aromatic rings. The molecule has 72 valence electrons. The van der Waals surface area contributed by atoms with Crippen LogP contribution in [-0.2, 0) is 0 Å². The van der Waals surface area contributed by atoms with Gasteiger partial charge in [0.25, 0.3) is 0 Å². The van der Waals surface area contributed by atoms with Gasteiger partial charge in [0.2, 0.25) is 0 Å². The Morgan fingerprint density at radius 3 is 2.42 bits per heavy atom. The van der Waals surface area contributed by atoms with Gasteiger partial charge in [-0.3, -0.25) is 0 Å². The summed E-state index contributed by atoms with van der Waals surface area (Å²) < 4.78 is 0. The van der Waals surface area contributed by atoms with E-state index in [1.54, 1.807) is 0 Å². The fraction of sp³-hybridized carbons (Fsp3) is 1.00. The average molecular weight is 170 g/mol. The first-order valence-electron chi connectivity index (χ1n) is 5.27. The first kappa shape index (κ1) is 10.0. The van der Waals surface area contributed by atoms with Crippen LogP contribution in [0.5, 0.6) is 0 Å². The Hall–Kier alpha value is -0.0800. The maximum atomic E-state index is 5.76. The molecule has 1 fully saturated rings. The second-order valence-corrected chi connectivity index (χ2v) is 3.87. The molecule has 0 bridgehead atoms. The third-order valence-electron chi connectivity index (χ3n) is 2.87. The number of hydrogen-bond donors (Lipinski definition) is 1. The highest BCUT2D eigenvalue weighted by molar-refractivity contribution is 4.89. The van der Waals surface area contributed by atoms with Crippen LogP contribution in [0.2, 0.25) is 0 Å². The van der Waals surface area contributed by atoms with E-state index in [1.165, 1.54) is 38.8 Å². The summed E-state index contributed by atoms with van der Waals surface area (Å²) in [5, 5.41) is 0. The van der Waals surface area contributed by atoms with Crippen molar-refractivity contribution >= 4 is 0 Å². The molecular weight excluding hydrogens is 148 g/mol. The van der Waals surface area contributed by atoms with Gasteiger partial charge in [-0.15, -0.1) is 0 Å². The highest BCUT2D eigenvalue weighted by atomic mass is 15.2. The van der Waals surface area contributed by atoms with Crippen molar-refractivity contribution in [3.05, 3.63) is 0 Å². The van der Waals surface area contributed by atoms with E-state index in [0.717, 1.165) is 6.04 Å². The lowest BCUT2D eigenvalue weighted by Gasteiger charge is -2.41. The number of unbranched alkanes of at least 4 members (excludes halogenated alkanes) is 1. The van der Waals surface area contributed by atoms with E-state index in [2.05, 4.69) is 18.7 Å². The summed E-state index contributed by atoms with van der Waals surface area (Å²) in [5.41, 5.74) is 5.76. The van der Waals surface area contributed by atoms with Crippen molar-refractivity contribution < 1.29 is 0 Å². The first-order valence-corrected chi connectivity index (χ1v) is 5.27. The van der Waals surface area contributed by atoms with Crippen LogP contribution >= 0.6 is 0 Å². The van der Waals surface area contributed by atoms with Crippen LogP contribution in [0.3, 0.4) is 0 Å². The summed E-state index contributed by atoms with van der Waals surface area (Å²) in [6.45, 7) is 6.96. The van der Waals surface area contributed by atoms with Gasteiger partial charge in [-0.05, 0) is 32.4 Å². The van der Waals surface area contributed by atoms with E-state index in [9.17, 15) is 0 Å². The van der Waals surface area contributed by atoms with Crippen LogP contribution in [0.15, 0.2) is 0 Å². The summed E-state index contributed by atoms with van der Waals surface area (Å²) in [5.74, 6) is 0. The standard InChI is InChI=1S/C10H22N2/c1-3-5-6-12(4-2)10-7-9(11)8-10/h9-10H,3-8,11H2,1-2H3. The van der Waals surface area contributed by atoms with Gasteiger partial charge in [0.15, 0.2) is 0 Å². The van der Waals surface area contributed by atoms with Gasteiger partial charge in [0.05, 0.1) is 0 Å². The van der Waals surface area contributed by atoms with Crippen molar-refractivity contribution in [1.29, 1.82) is 0 Å². The number of hydrogen-bond acceptors (Lipinski definition) is 2. The predicted molar refractivity (Wildman–Crippen MR) is 53.2 cm³/mol. The monoisotopic (exact) mass is 170 g/mol. The van der Waals surface area contributed by atoms with Crippen LogP contribution in [0.1, 0.15) is 39.5 Å². The zero-order valence-corrected chi connectivity index (χ0v) is 8.42. The van der Waals surface area contributed by atoms with E-state index < -0.39 is 0 Å². The fourth-order valence-corrected chi connectivity index (χ4v) is 1.89. The zero-order valence-electron chi connectivity index (χ0n) is 8.42. The second-order valence-electron chi connectivity index (χ2n) is 3.87. The molecule has 0 heterocycles. The molecule has 0 spiro atoms. The van der Waals surface area contributed by atoms with Crippen LogP contribution < -0.4 is 5.73 Å². The maximum absolute atomic E-state index is 5.76. The predicted octanol–water partition coefficient (Wildman–Crippen LogP) is 1.60. The highest BCUT2D eigenvalue weighted by Gasteiger charge is 2.29. The minimum Gasteiger partial charge on any atom is -0.328 e. The average Bonchev–Trinajstić information content (AvgIpc) is 2.02. The van der Waals surface area contributed by atoms with Crippen LogP contribution in [0, 0.1) is 0 Å². The van der Waals surface area contributed by atoms with E-state index in [1.807, 2.05) is 0 Å². The van der Waals surface area contributed by atoms with E-state index >= 15 is 0 Å². The lowest BCUT2D eigenvalue weighted by molar-refractivity contribution is 0.115. The van der Waals surface area contributed by atoms with Gasteiger partial charge < -0.3 is 10.6 Å². The smallest absolute Gasteiger partial charge is 0.0125 e. The van der Waals surface area contributed by atoms with Gasteiger partial charge in [-0.1, -0.05) is 20.3 Å². The molecule has 1 aliphatic rings. The zero-order chi connectivity index (χ0) is 8.97. The largest absolute Gasteiger partial charge is 0.328 e. The summed E-state index contributed by atoms with van der Waals surface area (Å²) in [6.07, 6.45) is 5.07. The third kappa shape index (κ3) is 2.46. The molecule has 0 amide bonds. The minimum absolute atomic E-state index is 0.491. The summed E-state index contributed by atoms with van der Waals surface area (Å²) in [7, 11) is 0. The Morgan fingerprint density at radius 1 is 1.33 bits per heavy atom. The quantitative estimate of drug-likeness (QED) is 0.679. The van der Waals surface area contributed by atoms with Gasteiger partial charge in [-0.2, -0.15) is 0 Å². The Kier molecular flexibility index (Phi) is 4.02. The number of nitrogens with zero attached hydrogens (tertiary/aromatic N) is 1. The molecule has 1 rings (SSSR count). The summed E-state index contributed by atoms with van der Waals surface area (Å²) in [4.78, 5) is 2.58. The highest BCUT2D eigenvalue weighted by Crippen LogP contribution is 2.23. The summed E-state index contributed by atoms with van der Waals surface area (Å²) >= 11 is 0. The second kappa shape index (κ2) is 4.83.